The van der Waals surface area contributed by atoms with Crippen molar-refractivity contribution in [2.24, 2.45) is 0 Å². The van der Waals surface area contributed by atoms with Gasteiger partial charge in [-0.15, -0.1) is 0 Å². The van der Waals surface area contributed by atoms with Gasteiger partial charge in [-0.05, 0) is 37.1 Å². The summed E-state index contributed by atoms with van der Waals surface area (Å²) in [5.41, 5.74) is 0.194. The zero-order valence-corrected chi connectivity index (χ0v) is 13.9. The molecule has 7 heteroatoms. The van der Waals surface area contributed by atoms with Gasteiger partial charge in [0, 0.05) is 26.3 Å². The Morgan fingerprint density at radius 2 is 2.12 bits per heavy atom. The average Bonchev–Trinajstić information content (AvgIpc) is 2.56. The number of fused-ring (bicyclic) bond motifs is 1. The first-order valence-electron chi connectivity index (χ1n) is 8.04. The van der Waals surface area contributed by atoms with E-state index in [-0.39, 0.29) is 32.2 Å². The zero-order valence-electron chi connectivity index (χ0n) is 13.9. The average molecular weight is 365 g/mol. The molecule has 0 aliphatic heterocycles. The number of allylic oxidation sites excluding steroid dienone is 3. The molecule has 3 rings (SSSR count). The Labute approximate surface area is 150 Å². The molecule has 0 saturated heterocycles. The predicted octanol–water partition coefficient (Wildman–Crippen LogP) is 3.89. The van der Waals surface area contributed by atoms with Crippen LogP contribution in [-0.2, 0) is 11.2 Å². The highest BCUT2D eigenvalue weighted by atomic mass is 19.1. The van der Waals surface area contributed by atoms with Gasteiger partial charge >= 0.3 is 0 Å². The quantitative estimate of drug-likeness (QED) is 0.863. The Bertz CT molecular complexity index is 1000. The second kappa shape index (κ2) is 7.19. The summed E-state index contributed by atoms with van der Waals surface area (Å²) in [6.45, 7) is 1.57. The molecule has 2 N–H and O–H groups in total. The van der Waals surface area contributed by atoms with Crippen molar-refractivity contribution >= 4 is 16.8 Å². The van der Waals surface area contributed by atoms with Gasteiger partial charge in [-0.3, -0.25) is 9.59 Å². The second-order valence-electron chi connectivity index (χ2n) is 6.10. The number of amides is 1. The van der Waals surface area contributed by atoms with Crippen molar-refractivity contribution < 1.29 is 20.8 Å². The van der Waals surface area contributed by atoms with E-state index in [2.05, 4.69) is 10.3 Å². The molecule has 1 radical (unpaired) electrons. The number of carbonyl (C=O) groups is 1. The van der Waals surface area contributed by atoms with Gasteiger partial charge in [0.1, 0.15) is 17.5 Å². The van der Waals surface area contributed by atoms with Crippen LogP contribution in [-0.4, -0.2) is 16.9 Å². The number of aromatic nitrogens is 1. The number of pyridine rings is 1. The first-order chi connectivity index (χ1) is 12.3. The van der Waals surface area contributed by atoms with E-state index in [9.17, 15) is 22.8 Å². The van der Waals surface area contributed by atoms with Gasteiger partial charge in [0.25, 0.3) is 5.56 Å². The molecule has 0 spiro atoms. The normalized spacial score (nSPS) is 15.8. The lowest BCUT2D eigenvalue weighted by molar-refractivity contribution is -0.120. The SMILES string of the molecule is C[C@H](NC(=O)Cc1cc2c(F)cccc2[nH]c1=O)C1=C(F)C=C(F)[CH]C1.[HH].[HH]. The Morgan fingerprint density at radius 3 is 2.85 bits per heavy atom. The lowest BCUT2D eigenvalue weighted by Gasteiger charge is -2.20. The topological polar surface area (TPSA) is 62.0 Å². The molecule has 1 amide bonds. The van der Waals surface area contributed by atoms with Crippen LogP contribution < -0.4 is 10.9 Å². The van der Waals surface area contributed by atoms with E-state index >= 15 is 0 Å². The highest BCUT2D eigenvalue weighted by Gasteiger charge is 2.21. The number of benzene rings is 1. The van der Waals surface area contributed by atoms with Gasteiger partial charge in [-0.25, -0.2) is 13.2 Å². The highest BCUT2D eigenvalue weighted by molar-refractivity contribution is 5.83. The van der Waals surface area contributed by atoms with Crippen LogP contribution in [0.25, 0.3) is 10.9 Å². The lowest BCUT2D eigenvalue weighted by atomic mass is 9.97. The van der Waals surface area contributed by atoms with Crippen LogP contribution in [0.15, 0.2) is 52.4 Å². The van der Waals surface area contributed by atoms with Gasteiger partial charge < -0.3 is 10.3 Å². The Hall–Kier alpha value is -2.83. The third-order valence-corrected chi connectivity index (χ3v) is 4.25. The van der Waals surface area contributed by atoms with Gasteiger partial charge in [0.05, 0.1) is 18.0 Å². The first kappa shape index (κ1) is 18.0. The maximum atomic E-state index is 13.9. The van der Waals surface area contributed by atoms with Crippen molar-refractivity contribution in [3.63, 3.8) is 0 Å². The van der Waals surface area contributed by atoms with Gasteiger partial charge in [-0.1, -0.05) is 6.07 Å². The Balaban J connectivity index is 0.00000196. The molecule has 2 aromatic rings. The molecule has 1 aliphatic rings. The first-order valence-corrected chi connectivity index (χ1v) is 8.04. The Kier molecular flexibility index (Phi) is 4.97. The van der Waals surface area contributed by atoms with Gasteiger partial charge in [0.15, 0.2) is 0 Å². The van der Waals surface area contributed by atoms with Crippen molar-refractivity contribution in [2.45, 2.75) is 25.8 Å². The van der Waals surface area contributed by atoms with Crippen LogP contribution in [0.3, 0.4) is 0 Å². The molecule has 1 atom stereocenters. The third kappa shape index (κ3) is 3.71. The van der Waals surface area contributed by atoms with Crippen molar-refractivity contribution in [1.82, 2.24) is 10.3 Å². The maximum absolute atomic E-state index is 13.9. The van der Waals surface area contributed by atoms with Crippen LogP contribution in [0.4, 0.5) is 13.2 Å². The molecule has 4 nitrogen and oxygen atoms in total. The van der Waals surface area contributed by atoms with Gasteiger partial charge in [0.2, 0.25) is 5.91 Å². The summed E-state index contributed by atoms with van der Waals surface area (Å²) < 4.78 is 40.7. The molecule has 139 valence electrons. The molecule has 0 saturated carbocycles. The van der Waals surface area contributed by atoms with E-state index in [1.165, 1.54) is 24.6 Å². The molecule has 26 heavy (non-hydrogen) atoms. The van der Waals surface area contributed by atoms with Crippen LogP contribution in [0, 0.1) is 12.2 Å². The fraction of sp³-hybridized carbons (Fsp3) is 0.211. The summed E-state index contributed by atoms with van der Waals surface area (Å²) in [7, 11) is 0. The number of hydrogen-bond acceptors (Lipinski definition) is 2. The van der Waals surface area contributed by atoms with E-state index in [0.29, 0.717) is 5.52 Å². The summed E-state index contributed by atoms with van der Waals surface area (Å²) in [6.07, 6.45) is 1.75. The molecule has 1 heterocycles. The lowest BCUT2D eigenvalue weighted by Crippen LogP contribution is -2.36. The number of carbonyl (C=O) groups excluding carboxylic acids is 1. The smallest absolute Gasteiger partial charge is 0.252 e. The monoisotopic (exact) mass is 365 g/mol. The molecule has 1 aromatic heterocycles. The standard InChI is InChI=1S/C19H16F3N2O2.2H2/c1-10(13-6-5-12(20)9-16(13)22)23-18(25)8-11-7-14-15(21)3-2-4-17(14)24-19(11)26;;/h2-5,7,9-10H,6,8H2,1H3,(H,23,25)(H,24,26);2*1H/t10-;;/m0../s1. The molecule has 0 unspecified atom stereocenters. The summed E-state index contributed by atoms with van der Waals surface area (Å²) in [4.78, 5) is 26.8. The second-order valence-corrected chi connectivity index (χ2v) is 6.10. The zero-order chi connectivity index (χ0) is 18.8. The van der Waals surface area contributed by atoms with Crippen molar-refractivity contribution in [3.8, 4) is 0 Å². The summed E-state index contributed by atoms with van der Waals surface area (Å²) in [5, 5.41) is 2.79. The number of nitrogens with one attached hydrogen (secondary N) is 2. The molecular formula is C19H20F3N2O2. The number of H-pyrrole nitrogens is 1. The maximum Gasteiger partial charge on any atom is 0.252 e. The molecule has 1 aliphatic carbocycles. The van der Waals surface area contributed by atoms with Crippen LogP contribution in [0.2, 0.25) is 0 Å². The van der Waals surface area contributed by atoms with Crippen LogP contribution in [0.5, 0.6) is 0 Å². The van der Waals surface area contributed by atoms with Crippen molar-refractivity contribution in [3.05, 3.63) is 75.7 Å². The Morgan fingerprint density at radius 1 is 1.35 bits per heavy atom. The molecule has 0 bridgehead atoms. The number of aromatic amines is 1. The minimum absolute atomic E-state index is 0. The van der Waals surface area contributed by atoms with Crippen LogP contribution in [0.1, 0.15) is 21.8 Å². The minimum atomic E-state index is -0.719. The van der Waals surface area contributed by atoms with E-state index in [1.807, 2.05) is 0 Å². The third-order valence-electron chi connectivity index (χ3n) is 4.25. The fourth-order valence-corrected chi connectivity index (χ4v) is 2.88. The number of rotatable bonds is 4. The van der Waals surface area contributed by atoms with Gasteiger partial charge in [-0.2, -0.15) is 0 Å². The van der Waals surface area contributed by atoms with Crippen LogP contribution >= 0.6 is 0 Å². The van der Waals surface area contributed by atoms with E-state index in [4.69, 9.17) is 0 Å². The van der Waals surface area contributed by atoms with E-state index in [1.54, 1.807) is 13.0 Å². The number of hydrogen-bond donors (Lipinski definition) is 2. The molecule has 1 aromatic carbocycles. The fourth-order valence-electron chi connectivity index (χ4n) is 2.88. The molecular weight excluding hydrogens is 345 g/mol. The highest BCUT2D eigenvalue weighted by Crippen LogP contribution is 2.27. The largest absolute Gasteiger partial charge is 0.350 e. The van der Waals surface area contributed by atoms with Crippen molar-refractivity contribution in [1.29, 1.82) is 0 Å². The summed E-state index contributed by atoms with van der Waals surface area (Å²) in [6, 6.07) is 4.96. The summed E-state index contributed by atoms with van der Waals surface area (Å²) in [5.74, 6) is -2.40. The summed E-state index contributed by atoms with van der Waals surface area (Å²) >= 11 is 0. The number of halogens is 3. The van der Waals surface area contributed by atoms with Crippen molar-refractivity contribution in [2.75, 3.05) is 0 Å². The van der Waals surface area contributed by atoms with E-state index < -0.39 is 35.0 Å². The molecule has 0 fully saturated rings. The predicted molar refractivity (Wildman–Crippen MR) is 96.3 cm³/mol. The van der Waals surface area contributed by atoms with E-state index in [0.717, 1.165) is 6.08 Å². The minimum Gasteiger partial charge on any atom is -0.350 e.